The fraction of sp³-hybridized carbons (Fsp3) is 0.273. The minimum atomic E-state index is -0.104. The second-order valence-corrected chi connectivity index (χ2v) is 7.52. The van der Waals surface area contributed by atoms with Crippen molar-refractivity contribution in [1.29, 1.82) is 0 Å². The molecule has 1 aromatic heterocycles. The van der Waals surface area contributed by atoms with E-state index in [2.05, 4.69) is 15.2 Å². The Balaban J connectivity index is 1.66. The van der Waals surface area contributed by atoms with Crippen molar-refractivity contribution < 1.29 is 14.3 Å². The first-order chi connectivity index (χ1) is 14.0. The lowest BCUT2D eigenvalue weighted by atomic mass is 10.2. The Kier molecular flexibility index (Phi) is 6.72. The number of anilines is 1. The van der Waals surface area contributed by atoms with Crippen molar-refractivity contribution in [2.45, 2.75) is 6.92 Å². The van der Waals surface area contributed by atoms with Gasteiger partial charge in [-0.25, -0.2) is 4.98 Å². The number of hydrogen-bond donors (Lipinski definition) is 1. The molecule has 3 rings (SSSR count). The van der Waals surface area contributed by atoms with E-state index in [4.69, 9.17) is 9.47 Å². The molecule has 0 radical (unpaired) electrons. The summed E-state index contributed by atoms with van der Waals surface area (Å²) in [6.07, 6.45) is 0. The molecule has 0 spiro atoms. The molecule has 0 aliphatic rings. The Labute approximate surface area is 175 Å². The Morgan fingerprint density at radius 2 is 1.83 bits per heavy atom. The second kappa shape index (κ2) is 9.43. The molecule has 1 heterocycles. The molecule has 0 saturated heterocycles. The van der Waals surface area contributed by atoms with Gasteiger partial charge in [0.1, 0.15) is 9.88 Å². The number of thiazole rings is 1. The van der Waals surface area contributed by atoms with Crippen LogP contribution in [0.5, 0.6) is 11.5 Å². The van der Waals surface area contributed by atoms with Gasteiger partial charge in [0.05, 0.1) is 19.9 Å². The van der Waals surface area contributed by atoms with Gasteiger partial charge in [-0.05, 0) is 37.3 Å². The number of nitrogens with zero attached hydrogens (tertiary/aromatic N) is 2. The lowest BCUT2D eigenvalue weighted by Crippen LogP contribution is -2.32. The van der Waals surface area contributed by atoms with Gasteiger partial charge in [-0.3, -0.25) is 4.79 Å². The molecule has 7 heteroatoms. The summed E-state index contributed by atoms with van der Waals surface area (Å²) in [6, 6.07) is 15.7. The van der Waals surface area contributed by atoms with Crippen molar-refractivity contribution in [3.05, 3.63) is 59.1 Å². The molecule has 2 aromatic carbocycles. The summed E-state index contributed by atoms with van der Waals surface area (Å²) in [5, 5.41) is 3.76. The third kappa shape index (κ3) is 4.86. The summed E-state index contributed by atoms with van der Waals surface area (Å²) < 4.78 is 10.6. The number of amides is 1. The van der Waals surface area contributed by atoms with Gasteiger partial charge in [0.25, 0.3) is 5.91 Å². The van der Waals surface area contributed by atoms with Crippen LogP contribution in [0.1, 0.15) is 15.4 Å². The van der Waals surface area contributed by atoms with E-state index in [1.807, 2.05) is 62.5 Å². The van der Waals surface area contributed by atoms with Crippen molar-refractivity contribution in [2.75, 3.05) is 39.3 Å². The van der Waals surface area contributed by atoms with Gasteiger partial charge < -0.3 is 19.7 Å². The van der Waals surface area contributed by atoms with E-state index >= 15 is 0 Å². The first-order valence-electron chi connectivity index (χ1n) is 9.27. The zero-order valence-corrected chi connectivity index (χ0v) is 17.9. The smallest absolute Gasteiger partial charge is 0.263 e. The van der Waals surface area contributed by atoms with Crippen LogP contribution < -0.4 is 19.7 Å². The fourth-order valence-electron chi connectivity index (χ4n) is 2.93. The number of rotatable bonds is 8. The maximum absolute atomic E-state index is 12.6. The highest BCUT2D eigenvalue weighted by atomic mass is 32.1. The SMILES string of the molecule is COc1ccc(-c2nc(C)c(C(=O)NCCN(C)c3ccccc3)s2)cc1OC. The second-order valence-electron chi connectivity index (χ2n) is 6.52. The number of ether oxygens (including phenoxy) is 2. The summed E-state index contributed by atoms with van der Waals surface area (Å²) in [4.78, 5) is 20.0. The van der Waals surface area contributed by atoms with Crippen molar-refractivity contribution in [2.24, 2.45) is 0 Å². The maximum Gasteiger partial charge on any atom is 0.263 e. The van der Waals surface area contributed by atoms with Crippen LogP contribution in [0.3, 0.4) is 0 Å². The monoisotopic (exact) mass is 411 g/mol. The molecule has 1 N–H and O–H groups in total. The molecule has 29 heavy (non-hydrogen) atoms. The molecule has 0 bridgehead atoms. The number of aromatic nitrogens is 1. The molecule has 0 aliphatic carbocycles. The maximum atomic E-state index is 12.6. The van der Waals surface area contributed by atoms with Gasteiger partial charge in [-0.1, -0.05) is 18.2 Å². The van der Waals surface area contributed by atoms with Gasteiger partial charge in [-0.15, -0.1) is 11.3 Å². The fourth-order valence-corrected chi connectivity index (χ4v) is 3.91. The summed E-state index contributed by atoms with van der Waals surface area (Å²) in [5.41, 5.74) is 2.72. The molecule has 6 nitrogen and oxygen atoms in total. The first kappa shape index (κ1) is 20.7. The average molecular weight is 412 g/mol. The average Bonchev–Trinajstić information content (AvgIpc) is 3.15. The molecule has 3 aromatic rings. The highest BCUT2D eigenvalue weighted by Crippen LogP contribution is 2.34. The largest absolute Gasteiger partial charge is 0.493 e. The lowest BCUT2D eigenvalue weighted by Gasteiger charge is -2.19. The predicted octanol–water partition coefficient (Wildman–Crippen LogP) is 4.00. The van der Waals surface area contributed by atoms with Crippen LogP contribution in [0.4, 0.5) is 5.69 Å². The van der Waals surface area contributed by atoms with Crippen LogP contribution >= 0.6 is 11.3 Å². The lowest BCUT2D eigenvalue weighted by molar-refractivity contribution is 0.0958. The van der Waals surface area contributed by atoms with E-state index in [-0.39, 0.29) is 5.91 Å². The third-order valence-electron chi connectivity index (χ3n) is 4.56. The van der Waals surface area contributed by atoms with Gasteiger partial charge in [0, 0.05) is 31.4 Å². The van der Waals surface area contributed by atoms with Crippen LogP contribution in [0.25, 0.3) is 10.6 Å². The van der Waals surface area contributed by atoms with E-state index in [0.29, 0.717) is 28.6 Å². The van der Waals surface area contributed by atoms with Crippen molar-refractivity contribution in [3.8, 4) is 22.1 Å². The molecule has 0 atom stereocenters. The van der Waals surface area contributed by atoms with Crippen LogP contribution in [0, 0.1) is 6.92 Å². The predicted molar refractivity (Wildman–Crippen MR) is 117 cm³/mol. The summed E-state index contributed by atoms with van der Waals surface area (Å²) in [7, 11) is 5.21. The van der Waals surface area contributed by atoms with Gasteiger partial charge >= 0.3 is 0 Å². The number of carbonyl (C=O) groups is 1. The minimum absolute atomic E-state index is 0.104. The third-order valence-corrected chi connectivity index (χ3v) is 5.77. The minimum Gasteiger partial charge on any atom is -0.493 e. The molecule has 152 valence electrons. The highest BCUT2D eigenvalue weighted by Gasteiger charge is 2.17. The summed E-state index contributed by atoms with van der Waals surface area (Å²) in [5.74, 6) is 1.19. The number of methoxy groups -OCH3 is 2. The van der Waals surface area contributed by atoms with Crippen LogP contribution in [-0.4, -0.2) is 45.2 Å². The molecular formula is C22H25N3O3S. The Morgan fingerprint density at radius 1 is 1.10 bits per heavy atom. The topological polar surface area (TPSA) is 63.7 Å². The van der Waals surface area contributed by atoms with Crippen molar-refractivity contribution in [1.82, 2.24) is 10.3 Å². The normalized spacial score (nSPS) is 10.5. The molecule has 0 unspecified atom stereocenters. The molecular weight excluding hydrogens is 386 g/mol. The number of nitrogens with one attached hydrogen (secondary N) is 1. The van der Waals surface area contributed by atoms with Crippen LogP contribution in [-0.2, 0) is 0 Å². The Morgan fingerprint density at radius 3 is 2.52 bits per heavy atom. The number of hydrogen-bond acceptors (Lipinski definition) is 6. The Bertz CT molecular complexity index is 973. The number of aryl methyl sites for hydroxylation is 1. The van der Waals surface area contributed by atoms with E-state index < -0.39 is 0 Å². The van der Waals surface area contributed by atoms with E-state index in [1.165, 1.54) is 11.3 Å². The van der Waals surface area contributed by atoms with Gasteiger partial charge in [0.2, 0.25) is 0 Å². The quantitative estimate of drug-likeness (QED) is 0.607. The van der Waals surface area contributed by atoms with E-state index in [1.54, 1.807) is 14.2 Å². The van der Waals surface area contributed by atoms with Crippen LogP contribution in [0.2, 0.25) is 0 Å². The molecule has 1 amide bonds. The first-order valence-corrected chi connectivity index (χ1v) is 10.1. The summed E-state index contributed by atoms with van der Waals surface area (Å²) in [6.45, 7) is 3.12. The van der Waals surface area contributed by atoms with E-state index in [0.717, 1.165) is 22.8 Å². The zero-order chi connectivity index (χ0) is 20.8. The van der Waals surface area contributed by atoms with Crippen molar-refractivity contribution in [3.63, 3.8) is 0 Å². The zero-order valence-electron chi connectivity index (χ0n) is 17.1. The Hall–Kier alpha value is -3.06. The van der Waals surface area contributed by atoms with Gasteiger partial charge in [-0.2, -0.15) is 0 Å². The highest BCUT2D eigenvalue weighted by molar-refractivity contribution is 7.17. The van der Waals surface area contributed by atoms with E-state index in [9.17, 15) is 4.79 Å². The van der Waals surface area contributed by atoms with Gasteiger partial charge in [0.15, 0.2) is 11.5 Å². The standard InChI is InChI=1S/C22H25N3O3S/c1-15-20(21(26)23-12-13-25(2)17-8-6-5-7-9-17)29-22(24-15)16-10-11-18(27-3)19(14-16)28-4/h5-11,14H,12-13H2,1-4H3,(H,23,26). The van der Waals surface area contributed by atoms with Crippen molar-refractivity contribution >= 4 is 22.9 Å². The number of carbonyl (C=O) groups excluding carboxylic acids is 1. The molecule has 0 aliphatic heterocycles. The molecule has 0 fully saturated rings. The molecule has 0 saturated carbocycles. The number of likely N-dealkylation sites (N-methyl/N-ethyl adjacent to an activating group) is 1. The van der Waals surface area contributed by atoms with Crippen LogP contribution in [0.15, 0.2) is 48.5 Å². The number of para-hydroxylation sites is 1. The summed E-state index contributed by atoms with van der Waals surface area (Å²) >= 11 is 1.38. The number of benzene rings is 2.